The fourth-order valence-electron chi connectivity index (χ4n) is 2.58. The monoisotopic (exact) mass is 300 g/mol. The summed E-state index contributed by atoms with van der Waals surface area (Å²) in [7, 11) is 0. The third-order valence-electron chi connectivity index (χ3n) is 3.74. The number of imidazole rings is 1. The lowest BCUT2D eigenvalue weighted by Gasteiger charge is -2.18. The van der Waals surface area contributed by atoms with Gasteiger partial charge in [0, 0.05) is 18.6 Å². The van der Waals surface area contributed by atoms with Gasteiger partial charge in [-0.1, -0.05) is 0 Å². The third-order valence-corrected chi connectivity index (χ3v) is 3.93. The van der Waals surface area contributed by atoms with Gasteiger partial charge in [0.05, 0.1) is 11.4 Å². The fourth-order valence-corrected chi connectivity index (χ4v) is 2.73. The van der Waals surface area contributed by atoms with Gasteiger partial charge in [0.2, 0.25) is 0 Å². The summed E-state index contributed by atoms with van der Waals surface area (Å²) in [5, 5.41) is -0.178. The Labute approximate surface area is 128 Å². The minimum absolute atomic E-state index is 0.100. The molecule has 21 heavy (non-hydrogen) atoms. The third kappa shape index (κ3) is 2.40. The van der Waals surface area contributed by atoms with Gasteiger partial charge in [0.15, 0.2) is 5.65 Å². The van der Waals surface area contributed by atoms with E-state index in [-0.39, 0.29) is 11.4 Å². The van der Waals surface area contributed by atoms with Gasteiger partial charge in [-0.2, -0.15) is 0 Å². The predicted octanol–water partition coefficient (Wildman–Crippen LogP) is 4.04. The van der Waals surface area contributed by atoms with Gasteiger partial charge in [0.25, 0.3) is 0 Å². The number of nitrogens with zero attached hydrogens (tertiary/aromatic N) is 4. The highest BCUT2D eigenvalue weighted by Crippen LogP contribution is 2.30. The number of alkyl halides is 1. The van der Waals surface area contributed by atoms with Gasteiger partial charge in [-0.15, -0.1) is 11.6 Å². The first-order chi connectivity index (χ1) is 10.1. The van der Waals surface area contributed by atoms with Crippen LogP contribution in [0.15, 0.2) is 36.8 Å². The summed E-state index contributed by atoms with van der Waals surface area (Å²) in [6.07, 6.45) is 5.42. The fraction of sp³-hybridized carbons (Fsp3) is 0.312. The number of hydrogen-bond acceptors (Lipinski definition) is 3. The Hall–Kier alpha value is -1.94. The van der Waals surface area contributed by atoms with Crippen LogP contribution in [0.3, 0.4) is 0 Å². The summed E-state index contributed by atoms with van der Waals surface area (Å²) in [5.74, 6) is 0.845. The van der Waals surface area contributed by atoms with E-state index in [1.54, 1.807) is 12.4 Å². The molecule has 2 atom stereocenters. The molecule has 4 nitrogen and oxygen atoms in total. The Morgan fingerprint density at radius 3 is 2.48 bits per heavy atom. The van der Waals surface area contributed by atoms with E-state index in [1.165, 1.54) is 0 Å². The molecular weight excluding hydrogens is 284 g/mol. The van der Waals surface area contributed by atoms with Crippen molar-refractivity contribution in [3.63, 3.8) is 0 Å². The van der Waals surface area contributed by atoms with Gasteiger partial charge in [0.1, 0.15) is 11.3 Å². The molecule has 0 aromatic carbocycles. The minimum atomic E-state index is -0.178. The summed E-state index contributed by atoms with van der Waals surface area (Å²) in [5.41, 5.74) is 4.06. The molecule has 0 saturated heterocycles. The highest BCUT2D eigenvalue weighted by Gasteiger charge is 2.21. The molecule has 2 unspecified atom stereocenters. The molecule has 0 radical (unpaired) electrons. The van der Waals surface area contributed by atoms with Crippen LogP contribution in [0.5, 0.6) is 0 Å². The number of fused-ring (bicyclic) bond motifs is 1. The Morgan fingerprint density at radius 1 is 1.10 bits per heavy atom. The zero-order valence-electron chi connectivity index (χ0n) is 12.3. The average molecular weight is 301 g/mol. The van der Waals surface area contributed by atoms with Crippen molar-refractivity contribution in [3.05, 3.63) is 53.7 Å². The van der Waals surface area contributed by atoms with Crippen molar-refractivity contribution in [1.29, 1.82) is 0 Å². The van der Waals surface area contributed by atoms with Crippen molar-refractivity contribution >= 4 is 22.8 Å². The predicted molar refractivity (Wildman–Crippen MR) is 84.6 cm³/mol. The standard InChI is InChI=1S/C16H17ClN4/c1-10-4-9-19-16-14(10)20-15(11(2)17)21(16)12(3)13-5-7-18-8-6-13/h4-9,11-12H,1-3H3. The Balaban J connectivity index is 2.25. The number of pyridine rings is 2. The molecule has 0 aliphatic rings. The van der Waals surface area contributed by atoms with Crippen molar-refractivity contribution in [3.8, 4) is 0 Å². The molecule has 3 heterocycles. The second-order valence-corrected chi connectivity index (χ2v) is 5.87. The van der Waals surface area contributed by atoms with Crippen LogP contribution in [0.2, 0.25) is 0 Å². The molecule has 0 saturated carbocycles. The van der Waals surface area contributed by atoms with Gasteiger partial charge < -0.3 is 4.57 Å². The lowest BCUT2D eigenvalue weighted by molar-refractivity contribution is 0.613. The van der Waals surface area contributed by atoms with Crippen molar-refractivity contribution in [2.45, 2.75) is 32.2 Å². The van der Waals surface area contributed by atoms with E-state index in [4.69, 9.17) is 16.6 Å². The van der Waals surface area contributed by atoms with E-state index < -0.39 is 0 Å². The molecule has 0 aliphatic heterocycles. The second kappa shape index (κ2) is 5.45. The molecule has 0 spiro atoms. The summed E-state index contributed by atoms with van der Waals surface area (Å²) in [6, 6.07) is 6.09. The van der Waals surface area contributed by atoms with Crippen LogP contribution in [-0.2, 0) is 0 Å². The largest absolute Gasteiger partial charge is 0.304 e. The molecule has 0 N–H and O–H groups in total. The Kier molecular flexibility index (Phi) is 3.64. The maximum atomic E-state index is 6.34. The zero-order valence-corrected chi connectivity index (χ0v) is 13.0. The number of aromatic nitrogens is 4. The van der Waals surface area contributed by atoms with Crippen molar-refractivity contribution in [2.75, 3.05) is 0 Å². The van der Waals surface area contributed by atoms with Crippen molar-refractivity contribution < 1.29 is 0 Å². The van der Waals surface area contributed by atoms with E-state index in [0.717, 1.165) is 28.1 Å². The van der Waals surface area contributed by atoms with E-state index >= 15 is 0 Å². The second-order valence-electron chi connectivity index (χ2n) is 5.21. The van der Waals surface area contributed by atoms with Crippen LogP contribution in [-0.4, -0.2) is 19.5 Å². The quantitative estimate of drug-likeness (QED) is 0.686. The summed E-state index contributed by atoms with van der Waals surface area (Å²) in [6.45, 7) is 6.11. The first-order valence-electron chi connectivity index (χ1n) is 6.97. The topological polar surface area (TPSA) is 43.6 Å². The molecule has 0 amide bonds. The Morgan fingerprint density at radius 2 is 1.81 bits per heavy atom. The van der Waals surface area contributed by atoms with E-state index in [9.17, 15) is 0 Å². The first kappa shape index (κ1) is 14.0. The molecule has 0 fully saturated rings. The molecule has 3 aromatic rings. The SMILES string of the molecule is Cc1ccnc2c1nc(C(C)Cl)n2C(C)c1ccncc1. The van der Waals surface area contributed by atoms with Gasteiger partial charge in [-0.25, -0.2) is 9.97 Å². The van der Waals surface area contributed by atoms with E-state index in [0.29, 0.717) is 0 Å². The summed E-state index contributed by atoms with van der Waals surface area (Å²) < 4.78 is 2.12. The molecule has 5 heteroatoms. The number of rotatable bonds is 3. The van der Waals surface area contributed by atoms with Crippen LogP contribution in [0.4, 0.5) is 0 Å². The highest BCUT2D eigenvalue weighted by molar-refractivity contribution is 6.20. The van der Waals surface area contributed by atoms with Crippen LogP contribution >= 0.6 is 11.6 Å². The van der Waals surface area contributed by atoms with Crippen LogP contribution in [0.25, 0.3) is 11.2 Å². The molecule has 0 bridgehead atoms. The van der Waals surface area contributed by atoms with Crippen molar-refractivity contribution in [1.82, 2.24) is 19.5 Å². The molecule has 3 aromatic heterocycles. The van der Waals surface area contributed by atoms with Crippen LogP contribution in [0.1, 0.15) is 42.2 Å². The molecular formula is C16H17ClN4. The summed E-state index contributed by atoms with van der Waals surface area (Å²) in [4.78, 5) is 13.3. The average Bonchev–Trinajstić information content (AvgIpc) is 2.88. The first-order valence-corrected chi connectivity index (χ1v) is 7.40. The minimum Gasteiger partial charge on any atom is -0.304 e. The van der Waals surface area contributed by atoms with E-state index in [1.807, 2.05) is 38.2 Å². The smallest absolute Gasteiger partial charge is 0.160 e. The number of hydrogen-bond donors (Lipinski definition) is 0. The lowest BCUT2D eigenvalue weighted by atomic mass is 10.1. The molecule has 108 valence electrons. The summed E-state index contributed by atoms with van der Waals surface area (Å²) >= 11 is 6.34. The maximum absolute atomic E-state index is 6.34. The van der Waals surface area contributed by atoms with E-state index in [2.05, 4.69) is 21.5 Å². The molecule has 0 aliphatic carbocycles. The van der Waals surface area contributed by atoms with Gasteiger partial charge in [-0.3, -0.25) is 4.98 Å². The highest BCUT2D eigenvalue weighted by atomic mass is 35.5. The maximum Gasteiger partial charge on any atom is 0.160 e. The lowest BCUT2D eigenvalue weighted by Crippen LogP contribution is -2.12. The Bertz CT molecular complexity index is 765. The normalized spacial score (nSPS) is 14.3. The molecule has 3 rings (SSSR count). The van der Waals surface area contributed by atoms with Crippen LogP contribution < -0.4 is 0 Å². The van der Waals surface area contributed by atoms with Crippen molar-refractivity contribution in [2.24, 2.45) is 0 Å². The number of halogens is 1. The number of aryl methyl sites for hydroxylation is 1. The van der Waals surface area contributed by atoms with Gasteiger partial charge in [-0.05, 0) is 50.1 Å². The van der Waals surface area contributed by atoms with Gasteiger partial charge >= 0.3 is 0 Å². The zero-order chi connectivity index (χ0) is 15.0. The van der Waals surface area contributed by atoms with Crippen LogP contribution in [0, 0.1) is 6.92 Å².